The van der Waals surface area contributed by atoms with E-state index in [1.54, 1.807) is 48.1 Å². The number of hydrogen-bond donors (Lipinski definition) is 0. The molecule has 0 amide bonds. The van der Waals surface area contributed by atoms with Gasteiger partial charge < -0.3 is 0 Å². The van der Waals surface area contributed by atoms with Crippen molar-refractivity contribution in [2.75, 3.05) is 0 Å². The second-order valence-corrected chi connectivity index (χ2v) is 30.8. The van der Waals surface area contributed by atoms with Crippen molar-refractivity contribution in [1.29, 1.82) is 0 Å². The van der Waals surface area contributed by atoms with Gasteiger partial charge in [-0.1, -0.05) is 0 Å². The Bertz CT molecular complexity index is 1370. The van der Waals surface area contributed by atoms with Gasteiger partial charge in [0.15, 0.2) is 0 Å². The minimum atomic E-state index is -1.68. The second kappa shape index (κ2) is 17.0. The molecule has 0 spiro atoms. The fourth-order valence-electron chi connectivity index (χ4n) is 9.50. The van der Waals surface area contributed by atoms with E-state index in [2.05, 4.69) is 174 Å². The Morgan fingerprint density at radius 1 is 0.408 bits per heavy atom. The molecule has 0 saturated carbocycles. The van der Waals surface area contributed by atoms with Gasteiger partial charge in [0.2, 0.25) is 0 Å². The molecule has 0 aliphatic rings. The van der Waals surface area contributed by atoms with Gasteiger partial charge in [-0.3, -0.25) is 0 Å². The molecule has 270 valence electrons. The predicted molar refractivity (Wildman–Crippen MR) is 228 cm³/mol. The molecule has 0 N–H and O–H groups in total. The molecule has 0 bridgehead atoms. The van der Waals surface area contributed by atoms with Gasteiger partial charge in [0.25, 0.3) is 0 Å². The Morgan fingerprint density at radius 2 is 0.694 bits per heavy atom. The first-order valence-electron chi connectivity index (χ1n) is 19.9. The van der Waals surface area contributed by atoms with Crippen LogP contribution in [-0.4, -0.2) is 29.2 Å². The van der Waals surface area contributed by atoms with Crippen LogP contribution in [0.5, 0.6) is 0 Å². The van der Waals surface area contributed by atoms with Crippen LogP contribution in [0.4, 0.5) is 0 Å². The van der Waals surface area contributed by atoms with Crippen LogP contribution >= 0.6 is 0 Å². The van der Waals surface area contributed by atoms with Gasteiger partial charge in [0.05, 0.1) is 0 Å². The van der Waals surface area contributed by atoms with E-state index in [-0.39, 0.29) is 0 Å². The Labute approximate surface area is 316 Å². The Kier molecular flexibility index (Phi) is 14.6. The molecule has 3 aromatic rings. The van der Waals surface area contributed by atoms with E-state index in [1.165, 1.54) is 11.1 Å². The van der Waals surface area contributed by atoms with Crippen LogP contribution < -0.4 is 3.58 Å². The summed E-state index contributed by atoms with van der Waals surface area (Å²) in [7, 11) is -1.68. The zero-order chi connectivity index (χ0) is 37.3. The summed E-state index contributed by atoms with van der Waals surface area (Å²) in [6.45, 7) is 47.0. The van der Waals surface area contributed by atoms with Crippen LogP contribution in [0.25, 0.3) is 22.3 Å². The van der Waals surface area contributed by atoms with Crippen molar-refractivity contribution in [2.24, 2.45) is 0 Å². The van der Waals surface area contributed by atoms with E-state index >= 15 is 0 Å². The summed E-state index contributed by atoms with van der Waals surface area (Å²) < 4.78 is 2.58. The summed E-state index contributed by atoms with van der Waals surface area (Å²) in [5.74, 6) is 2.88. The zero-order valence-electron chi connectivity index (χ0n) is 35.3. The van der Waals surface area contributed by atoms with Gasteiger partial charge in [-0.15, -0.1) is 0 Å². The summed E-state index contributed by atoms with van der Waals surface area (Å²) in [6.07, 6.45) is 0. The van der Waals surface area contributed by atoms with Gasteiger partial charge in [-0.25, -0.2) is 0 Å². The van der Waals surface area contributed by atoms with E-state index < -0.39 is 29.2 Å². The number of rotatable bonds is 14. The summed E-state index contributed by atoms with van der Waals surface area (Å²) >= 11 is -1.13. The molecule has 0 heterocycles. The monoisotopic (exact) mass is 786 g/mol. The van der Waals surface area contributed by atoms with E-state index in [0.29, 0.717) is 35.5 Å². The minimum absolute atomic E-state index is 0.462. The standard InChI is InChI=1S/C36H49.C11H25Si.Sn/c1-21(2)29-17-31(23(5)6)35(32(18-29)24(7)8)27-14-13-15-28(16-27)36-33(25(9)10)19-30(22(3)4)20-34(36)26(11)12;1-8-12(9(2)3,10(4)5)11(6)7;/h13-15,17-26H,1-12H3;8-11H,1-7H3;. The molecule has 49 heavy (non-hydrogen) atoms. The summed E-state index contributed by atoms with van der Waals surface area (Å²) in [5, 5.41) is 0. The predicted octanol–water partition coefficient (Wildman–Crippen LogP) is 15.1. The third kappa shape index (κ3) is 8.50. The van der Waals surface area contributed by atoms with Crippen molar-refractivity contribution in [3.8, 4) is 22.3 Å². The molecule has 2 radical (unpaired) electrons. The average Bonchev–Trinajstić information content (AvgIpc) is 2.99. The van der Waals surface area contributed by atoms with Crippen molar-refractivity contribution in [3.63, 3.8) is 0 Å². The van der Waals surface area contributed by atoms with Crippen molar-refractivity contribution in [1.82, 2.24) is 0 Å². The topological polar surface area (TPSA) is 0 Å². The molecule has 0 aliphatic heterocycles. The molecular weight excluding hydrogens is 711 g/mol. The molecule has 0 saturated heterocycles. The second-order valence-electron chi connectivity index (χ2n) is 18.1. The molecule has 0 aromatic heterocycles. The fourth-order valence-corrected chi connectivity index (χ4v) is 31.7. The molecule has 0 aliphatic carbocycles. The van der Waals surface area contributed by atoms with Crippen LogP contribution in [0.3, 0.4) is 0 Å². The molecule has 1 unspecified atom stereocenters. The first-order chi connectivity index (χ1) is 22.7. The quantitative estimate of drug-likeness (QED) is 0.143. The molecule has 3 rings (SSSR count). The third-order valence-corrected chi connectivity index (χ3v) is 28.3. The van der Waals surface area contributed by atoms with Gasteiger partial charge in [0, 0.05) is 0 Å². The summed E-state index contributed by atoms with van der Waals surface area (Å²) in [4.78, 5) is 0. The molecule has 3 aromatic carbocycles. The fraction of sp³-hybridized carbons (Fsp3) is 0.617. The van der Waals surface area contributed by atoms with Crippen LogP contribution in [0.1, 0.15) is 200 Å². The van der Waals surface area contributed by atoms with Crippen LogP contribution in [0.15, 0.2) is 42.5 Å². The number of hydrogen-bond acceptors (Lipinski definition) is 0. The van der Waals surface area contributed by atoms with E-state index in [4.69, 9.17) is 0 Å². The van der Waals surface area contributed by atoms with Gasteiger partial charge in [-0.2, -0.15) is 0 Å². The van der Waals surface area contributed by atoms with E-state index in [1.807, 2.05) is 0 Å². The van der Waals surface area contributed by atoms with Crippen LogP contribution in [-0.2, 0) is 0 Å². The first-order valence-corrected chi connectivity index (χ1v) is 25.3. The van der Waals surface area contributed by atoms with Crippen LogP contribution in [0, 0.1) is 0 Å². The van der Waals surface area contributed by atoms with Gasteiger partial charge in [0.1, 0.15) is 0 Å². The van der Waals surface area contributed by atoms with Crippen molar-refractivity contribution in [3.05, 3.63) is 75.8 Å². The molecule has 1 atom stereocenters. The van der Waals surface area contributed by atoms with Crippen molar-refractivity contribution >= 4 is 32.8 Å². The molecule has 0 fully saturated rings. The molecule has 0 nitrogen and oxygen atoms in total. The van der Waals surface area contributed by atoms with Gasteiger partial charge in [-0.05, 0) is 0 Å². The Morgan fingerprint density at radius 3 is 0.918 bits per heavy atom. The first kappa shape index (κ1) is 42.1. The third-order valence-electron chi connectivity index (χ3n) is 12.0. The summed E-state index contributed by atoms with van der Waals surface area (Å²) in [6, 6.07) is 17.8. The van der Waals surface area contributed by atoms with Gasteiger partial charge >= 0.3 is 318 Å². The normalized spacial score (nSPS) is 13.6. The Hall–Kier alpha value is -1.32. The molecule has 2 heteroatoms. The van der Waals surface area contributed by atoms with E-state index in [0.717, 1.165) is 20.2 Å². The molecular formula is C47H74SiSn. The zero-order valence-corrected chi connectivity index (χ0v) is 39.2. The van der Waals surface area contributed by atoms with Crippen molar-refractivity contribution in [2.45, 2.75) is 187 Å². The maximum atomic E-state index is 2.72. The average molecular weight is 786 g/mol. The maximum absolute atomic E-state index is 2.72. The summed E-state index contributed by atoms with van der Waals surface area (Å²) in [5.41, 5.74) is 17.7. The number of benzene rings is 3. The Balaban J connectivity index is 2.66. The SMILES string of the molecule is CC(C)c1cc(C(C)C)c(-c2cccc(-c3c(C(C)C)cc(C(C)C)cc3C(C)C)[c]2[Sn][CH](C)[Si](C(C)C)(C(C)C)C(C)C)c(C(C)C)c1. The van der Waals surface area contributed by atoms with E-state index in [9.17, 15) is 0 Å². The van der Waals surface area contributed by atoms with Crippen LogP contribution in [0.2, 0.25) is 20.2 Å². The van der Waals surface area contributed by atoms with Crippen molar-refractivity contribution < 1.29 is 0 Å².